The highest BCUT2D eigenvalue weighted by atomic mass is 16.5. The molecular formula is C26H37NO4. The summed E-state index contributed by atoms with van der Waals surface area (Å²) in [4.78, 5) is 15.0. The van der Waals surface area contributed by atoms with Crippen molar-refractivity contribution < 1.29 is 19.0 Å². The monoisotopic (exact) mass is 427 g/mol. The Morgan fingerprint density at radius 1 is 1.19 bits per heavy atom. The van der Waals surface area contributed by atoms with Crippen LogP contribution in [0, 0.1) is 17.3 Å². The average Bonchev–Trinajstić information content (AvgIpc) is 3.13. The number of aryl methyl sites for hydroxylation is 1. The van der Waals surface area contributed by atoms with Crippen LogP contribution in [0.15, 0.2) is 18.2 Å². The second kappa shape index (κ2) is 8.74. The summed E-state index contributed by atoms with van der Waals surface area (Å²) in [6, 6.07) is 6.68. The summed E-state index contributed by atoms with van der Waals surface area (Å²) in [6.07, 6.45) is 7.58. The zero-order chi connectivity index (χ0) is 21.4. The lowest BCUT2D eigenvalue weighted by Crippen LogP contribution is -2.45. The van der Waals surface area contributed by atoms with Gasteiger partial charge >= 0.3 is 5.97 Å². The number of hydrogen-bond donors (Lipinski definition) is 0. The Balaban J connectivity index is 1.23. The van der Waals surface area contributed by atoms with Crippen LogP contribution >= 0.6 is 0 Å². The molecule has 0 unspecified atom stereocenters. The summed E-state index contributed by atoms with van der Waals surface area (Å²) >= 11 is 0. The predicted octanol–water partition coefficient (Wildman–Crippen LogP) is 4.19. The van der Waals surface area contributed by atoms with Crippen molar-refractivity contribution >= 4 is 5.97 Å². The molecule has 170 valence electrons. The summed E-state index contributed by atoms with van der Waals surface area (Å²) in [5.74, 6) is 3.00. The maximum atomic E-state index is 12.7. The third-order valence-corrected chi connectivity index (χ3v) is 8.86. The normalized spacial score (nSPS) is 35.0. The van der Waals surface area contributed by atoms with E-state index < -0.39 is 0 Å². The van der Waals surface area contributed by atoms with Crippen LogP contribution in [0.5, 0.6) is 5.75 Å². The summed E-state index contributed by atoms with van der Waals surface area (Å²) < 4.78 is 17.0. The largest absolute Gasteiger partial charge is 0.497 e. The number of carbonyl (C=O) groups is 1. The Kier molecular flexibility index (Phi) is 6.00. The molecule has 1 heterocycles. The predicted molar refractivity (Wildman–Crippen MR) is 119 cm³/mol. The van der Waals surface area contributed by atoms with E-state index >= 15 is 0 Å². The standard InChI is InChI=1S/C26H37NO4/c1-26-11-9-21-20-6-4-19(29-2)17-18(20)3-5-22(21)23(26)7-8-24(26)31-25(28)10-12-27-13-15-30-16-14-27/h4,6,17,21-24H,3,5,7-16H2,1-2H3/t21-,22+,23+,24+,26+/m1/s1. The van der Waals surface area contributed by atoms with Crippen molar-refractivity contribution in [1.29, 1.82) is 0 Å². The molecular weight excluding hydrogens is 390 g/mol. The van der Waals surface area contributed by atoms with Crippen molar-refractivity contribution in [2.24, 2.45) is 17.3 Å². The Hall–Kier alpha value is -1.59. The highest BCUT2D eigenvalue weighted by Crippen LogP contribution is 2.61. The van der Waals surface area contributed by atoms with Gasteiger partial charge < -0.3 is 14.2 Å². The van der Waals surface area contributed by atoms with E-state index in [2.05, 4.69) is 30.0 Å². The lowest BCUT2D eigenvalue weighted by molar-refractivity contribution is -0.158. The van der Waals surface area contributed by atoms with E-state index in [1.807, 2.05) is 0 Å². The van der Waals surface area contributed by atoms with Crippen LogP contribution in [0.4, 0.5) is 0 Å². The second-order valence-electron chi connectivity index (χ2n) is 10.3. The number of methoxy groups -OCH3 is 1. The Labute approximate surface area is 186 Å². The lowest BCUT2D eigenvalue weighted by Gasteiger charge is -2.50. The number of morpholine rings is 1. The van der Waals surface area contributed by atoms with Crippen LogP contribution in [-0.4, -0.2) is 56.9 Å². The molecule has 5 atom stereocenters. The summed E-state index contributed by atoms with van der Waals surface area (Å²) in [7, 11) is 1.75. The summed E-state index contributed by atoms with van der Waals surface area (Å²) in [5.41, 5.74) is 3.16. The van der Waals surface area contributed by atoms with Crippen molar-refractivity contribution in [2.45, 2.75) is 63.9 Å². The van der Waals surface area contributed by atoms with E-state index in [9.17, 15) is 4.79 Å². The summed E-state index contributed by atoms with van der Waals surface area (Å²) in [6.45, 7) is 6.59. The molecule has 2 saturated carbocycles. The molecule has 5 nitrogen and oxygen atoms in total. The smallest absolute Gasteiger partial charge is 0.307 e. The average molecular weight is 428 g/mol. The van der Waals surface area contributed by atoms with E-state index in [1.165, 1.54) is 24.8 Å². The highest BCUT2D eigenvalue weighted by molar-refractivity contribution is 5.70. The quantitative estimate of drug-likeness (QED) is 0.660. The molecule has 5 heteroatoms. The maximum Gasteiger partial charge on any atom is 0.307 e. The van der Waals surface area contributed by atoms with Gasteiger partial charge in [0.05, 0.1) is 26.7 Å². The molecule has 5 rings (SSSR count). The number of fused-ring (bicyclic) bond motifs is 5. The molecule has 0 bridgehead atoms. The van der Waals surface area contributed by atoms with Crippen LogP contribution in [-0.2, 0) is 20.7 Å². The van der Waals surface area contributed by atoms with Crippen molar-refractivity contribution in [2.75, 3.05) is 40.0 Å². The number of esters is 1. The van der Waals surface area contributed by atoms with Crippen molar-refractivity contribution in [3.63, 3.8) is 0 Å². The zero-order valence-electron chi connectivity index (χ0n) is 19.1. The van der Waals surface area contributed by atoms with Gasteiger partial charge in [-0.3, -0.25) is 9.69 Å². The molecule has 1 aromatic carbocycles. The first-order valence-corrected chi connectivity index (χ1v) is 12.2. The summed E-state index contributed by atoms with van der Waals surface area (Å²) in [5, 5.41) is 0. The van der Waals surface area contributed by atoms with Gasteiger partial charge in [0, 0.05) is 25.0 Å². The Morgan fingerprint density at radius 3 is 2.84 bits per heavy atom. The molecule has 3 fully saturated rings. The fourth-order valence-corrected chi connectivity index (χ4v) is 7.12. The van der Waals surface area contributed by atoms with Gasteiger partial charge in [-0.15, -0.1) is 0 Å². The third-order valence-electron chi connectivity index (χ3n) is 8.86. The SMILES string of the molecule is COc1ccc2c(c1)CC[C@H]1[C@@H]2CC[C@]2(C)[C@@H](OC(=O)CCN3CCOCC3)CC[C@@H]12. The minimum absolute atomic E-state index is 0.0124. The Bertz CT molecular complexity index is 805. The van der Waals surface area contributed by atoms with Crippen molar-refractivity contribution in [1.82, 2.24) is 4.90 Å². The Morgan fingerprint density at radius 2 is 2.03 bits per heavy atom. The number of hydrogen-bond acceptors (Lipinski definition) is 5. The van der Waals surface area contributed by atoms with Gasteiger partial charge in [0.1, 0.15) is 11.9 Å². The molecule has 4 aliphatic rings. The van der Waals surface area contributed by atoms with Crippen molar-refractivity contribution in [3.05, 3.63) is 29.3 Å². The van der Waals surface area contributed by atoms with Crippen LogP contribution < -0.4 is 4.74 Å². The number of ether oxygens (including phenoxy) is 3. The molecule has 0 N–H and O–H groups in total. The lowest BCUT2D eigenvalue weighted by atomic mass is 9.55. The molecule has 3 aliphatic carbocycles. The molecule has 1 aliphatic heterocycles. The molecule has 0 aromatic heterocycles. The molecule has 0 spiro atoms. The molecule has 1 saturated heterocycles. The minimum atomic E-state index is -0.0124. The number of rotatable bonds is 5. The van der Waals surface area contributed by atoms with Gasteiger partial charge in [-0.2, -0.15) is 0 Å². The number of nitrogens with zero attached hydrogens (tertiary/aromatic N) is 1. The van der Waals surface area contributed by atoms with E-state index in [1.54, 1.807) is 12.7 Å². The van der Waals surface area contributed by atoms with E-state index in [0.29, 0.717) is 18.3 Å². The fraction of sp³-hybridized carbons (Fsp3) is 0.731. The highest BCUT2D eigenvalue weighted by Gasteiger charge is 2.56. The van der Waals surface area contributed by atoms with Gasteiger partial charge in [0.25, 0.3) is 0 Å². The third kappa shape index (κ3) is 4.00. The molecule has 31 heavy (non-hydrogen) atoms. The van der Waals surface area contributed by atoms with Crippen LogP contribution in [0.2, 0.25) is 0 Å². The van der Waals surface area contributed by atoms with Gasteiger partial charge in [-0.1, -0.05) is 13.0 Å². The van der Waals surface area contributed by atoms with Gasteiger partial charge in [0.2, 0.25) is 0 Å². The molecule has 1 aromatic rings. The van der Waals surface area contributed by atoms with E-state index in [4.69, 9.17) is 14.2 Å². The first-order valence-electron chi connectivity index (χ1n) is 12.2. The van der Waals surface area contributed by atoms with Gasteiger partial charge in [-0.05, 0) is 79.5 Å². The van der Waals surface area contributed by atoms with Crippen molar-refractivity contribution in [3.8, 4) is 5.75 Å². The molecule has 0 amide bonds. The number of carbonyl (C=O) groups excluding carboxylic acids is 1. The van der Waals surface area contributed by atoms with Gasteiger partial charge in [0.15, 0.2) is 0 Å². The van der Waals surface area contributed by atoms with Crippen LogP contribution in [0.1, 0.15) is 62.5 Å². The minimum Gasteiger partial charge on any atom is -0.497 e. The first kappa shape index (κ1) is 21.3. The molecule has 0 radical (unpaired) electrons. The van der Waals surface area contributed by atoms with Crippen LogP contribution in [0.25, 0.3) is 0 Å². The fourth-order valence-electron chi connectivity index (χ4n) is 7.12. The zero-order valence-corrected chi connectivity index (χ0v) is 19.1. The topological polar surface area (TPSA) is 48.0 Å². The van der Waals surface area contributed by atoms with E-state index in [0.717, 1.165) is 63.8 Å². The van der Waals surface area contributed by atoms with Crippen LogP contribution in [0.3, 0.4) is 0 Å². The maximum absolute atomic E-state index is 12.7. The van der Waals surface area contributed by atoms with Gasteiger partial charge in [-0.25, -0.2) is 0 Å². The van der Waals surface area contributed by atoms with E-state index in [-0.39, 0.29) is 17.5 Å². The first-order chi connectivity index (χ1) is 15.1. The second-order valence-corrected chi connectivity index (χ2v) is 10.3. The number of benzene rings is 1.